The molecule has 0 radical (unpaired) electrons. The number of hydrogen-bond donors (Lipinski definition) is 1. The minimum absolute atomic E-state index is 0.0115. The molecule has 0 amide bonds. The van der Waals surface area contributed by atoms with Crippen molar-refractivity contribution in [2.75, 3.05) is 0 Å². The topological polar surface area (TPSA) is 20.2 Å². The molecule has 18 heavy (non-hydrogen) atoms. The van der Waals surface area contributed by atoms with Crippen molar-refractivity contribution in [2.45, 2.75) is 38.0 Å². The fourth-order valence-corrected chi connectivity index (χ4v) is 2.96. The summed E-state index contributed by atoms with van der Waals surface area (Å²) in [5, 5.41) is 10.1. The first-order chi connectivity index (χ1) is 8.39. The first-order valence-electron chi connectivity index (χ1n) is 5.94. The molecular formula is C13H14BrF3O. The normalized spacial score (nSPS) is 19.2. The summed E-state index contributed by atoms with van der Waals surface area (Å²) >= 11 is 2.90. The maximum Gasteiger partial charge on any atom is 0.417 e. The molecule has 1 atom stereocenters. The Labute approximate surface area is 112 Å². The van der Waals surface area contributed by atoms with Crippen molar-refractivity contribution in [3.8, 4) is 0 Å². The first kappa shape index (κ1) is 13.9. The molecule has 0 aliphatic heterocycles. The van der Waals surface area contributed by atoms with E-state index in [0.29, 0.717) is 5.56 Å². The van der Waals surface area contributed by atoms with Gasteiger partial charge in [0.15, 0.2) is 0 Å². The third kappa shape index (κ3) is 2.88. The lowest BCUT2D eigenvalue weighted by atomic mass is 9.93. The Balaban J connectivity index is 2.28. The Bertz CT molecular complexity index is 425. The minimum atomic E-state index is -4.40. The van der Waals surface area contributed by atoms with Crippen LogP contribution in [-0.4, -0.2) is 5.11 Å². The summed E-state index contributed by atoms with van der Waals surface area (Å²) in [5.74, 6) is 0.0901. The quantitative estimate of drug-likeness (QED) is 0.837. The Morgan fingerprint density at radius 2 is 1.83 bits per heavy atom. The maximum absolute atomic E-state index is 12.8. The number of aliphatic hydroxyl groups is 1. The van der Waals surface area contributed by atoms with Gasteiger partial charge in [0.1, 0.15) is 0 Å². The smallest absolute Gasteiger partial charge is 0.388 e. The van der Waals surface area contributed by atoms with Crippen LogP contribution in [0.1, 0.15) is 42.9 Å². The molecule has 1 saturated carbocycles. The Morgan fingerprint density at radius 1 is 1.22 bits per heavy atom. The van der Waals surface area contributed by atoms with E-state index in [1.54, 1.807) is 6.07 Å². The van der Waals surface area contributed by atoms with E-state index >= 15 is 0 Å². The van der Waals surface area contributed by atoms with E-state index in [1.807, 2.05) is 0 Å². The van der Waals surface area contributed by atoms with Gasteiger partial charge < -0.3 is 5.11 Å². The summed E-state index contributed by atoms with van der Waals surface area (Å²) in [6.07, 6.45) is -1.32. The third-order valence-electron chi connectivity index (χ3n) is 3.48. The Hall–Kier alpha value is -0.550. The fraction of sp³-hybridized carbons (Fsp3) is 0.538. The third-order valence-corrected chi connectivity index (χ3v) is 4.18. The molecule has 2 rings (SSSR count). The number of alkyl halides is 3. The second kappa shape index (κ2) is 5.21. The zero-order valence-electron chi connectivity index (χ0n) is 9.67. The van der Waals surface area contributed by atoms with Gasteiger partial charge in [-0.15, -0.1) is 0 Å². The first-order valence-corrected chi connectivity index (χ1v) is 6.73. The molecule has 1 aromatic rings. The van der Waals surface area contributed by atoms with E-state index in [1.165, 1.54) is 6.07 Å². The molecule has 0 heterocycles. The molecule has 1 aliphatic rings. The molecule has 1 nitrogen and oxygen atoms in total. The lowest BCUT2D eigenvalue weighted by Gasteiger charge is -2.19. The second-order valence-electron chi connectivity index (χ2n) is 4.73. The summed E-state index contributed by atoms with van der Waals surface area (Å²) in [6, 6.07) is 3.96. The van der Waals surface area contributed by atoms with Gasteiger partial charge in [-0.05, 0) is 36.5 Å². The standard InChI is InChI=1S/C13H14BrF3O/c14-11-6-5-9(7-10(11)13(15,16)17)12(18)8-3-1-2-4-8/h5-8,12,18H,1-4H2. The van der Waals surface area contributed by atoms with E-state index in [-0.39, 0.29) is 10.4 Å². The van der Waals surface area contributed by atoms with Crippen LogP contribution >= 0.6 is 15.9 Å². The fourth-order valence-electron chi connectivity index (χ4n) is 2.49. The average Bonchev–Trinajstić information content (AvgIpc) is 2.80. The van der Waals surface area contributed by atoms with Crippen molar-refractivity contribution >= 4 is 15.9 Å². The molecule has 5 heteroatoms. The average molecular weight is 323 g/mol. The molecule has 1 fully saturated rings. The molecule has 0 aromatic heterocycles. The Kier molecular flexibility index (Phi) is 4.02. The predicted octanol–water partition coefficient (Wildman–Crippen LogP) is 4.69. The van der Waals surface area contributed by atoms with Crippen LogP contribution in [-0.2, 0) is 6.18 Å². The van der Waals surface area contributed by atoms with Crippen molar-refractivity contribution in [3.63, 3.8) is 0 Å². The monoisotopic (exact) mass is 322 g/mol. The van der Waals surface area contributed by atoms with E-state index in [4.69, 9.17) is 0 Å². The van der Waals surface area contributed by atoms with Gasteiger partial charge in [0, 0.05) is 4.47 Å². The van der Waals surface area contributed by atoms with Crippen molar-refractivity contribution < 1.29 is 18.3 Å². The molecule has 1 aliphatic carbocycles. The van der Waals surface area contributed by atoms with Gasteiger partial charge in [-0.3, -0.25) is 0 Å². The molecular weight excluding hydrogens is 309 g/mol. The number of rotatable bonds is 2. The van der Waals surface area contributed by atoms with Crippen LogP contribution in [0.4, 0.5) is 13.2 Å². The summed E-state index contributed by atoms with van der Waals surface area (Å²) < 4.78 is 38.3. The number of hydrogen-bond acceptors (Lipinski definition) is 1. The van der Waals surface area contributed by atoms with Gasteiger partial charge in [-0.25, -0.2) is 0 Å². The van der Waals surface area contributed by atoms with Crippen molar-refractivity contribution in [3.05, 3.63) is 33.8 Å². The van der Waals surface area contributed by atoms with Crippen molar-refractivity contribution in [1.29, 1.82) is 0 Å². The van der Waals surface area contributed by atoms with Crippen LogP contribution in [0.25, 0.3) is 0 Å². The van der Waals surface area contributed by atoms with Crippen LogP contribution < -0.4 is 0 Å². The largest absolute Gasteiger partial charge is 0.417 e. The second-order valence-corrected chi connectivity index (χ2v) is 5.58. The van der Waals surface area contributed by atoms with E-state index < -0.39 is 17.8 Å². The Morgan fingerprint density at radius 3 is 2.39 bits per heavy atom. The minimum Gasteiger partial charge on any atom is -0.388 e. The summed E-state index contributed by atoms with van der Waals surface area (Å²) in [6.45, 7) is 0. The molecule has 0 saturated heterocycles. The molecule has 1 aromatic carbocycles. The van der Waals surface area contributed by atoms with E-state index in [9.17, 15) is 18.3 Å². The lowest BCUT2D eigenvalue weighted by molar-refractivity contribution is -0.138. The highest BCUT2D eigenvalue weighted by atomic mass is 79.9. The van der Waals surface area contributed by atoms with Crippen LogP contribution in [0.2, 0.25) is 0 Å². The molecule has 100 valence electrons. The van der Waals surface area contributed by atoms with Gasteiger partial charge in [0.2, 0.25) is 0 Å². The van der Waals surface area contributed by atoms with Crippen molar-refractivity contribution in [1.82, 2.24) is 0 Å². The highest BCUT2D eigenvalue weighted by molar-refractivity contribution is 9.10. The maximum atomic E-state index is 12.8. The van der Waals surface area contributed by atoms with Gasteiger partial charge >= 0.3 is 6.18 Å². The molecule has 0 spiro atoms. The highest BCUT2D eigenvalue weighted by Gasteiger charge is 2.34. The number of benzene rings is 1. The van der Waals surface area contributed by atoms with Gasteiger partial charge in [-0.2, -0.15) is 13.2 Å². The van der Waals surface area contributed by atoms with Crippen LogP contribution in [0.15, 0.2) is 22.7 Å². The van der Waals surface area contributed by atoms with Crippen LogP contribution in [0, 0.1) is 5.92 Å². The summed E-state index contributed by atoms with van der Waals surface area (Å²) in [5.41, 5.74) is -0.366. The highest BCUT2D eigenvalue weighted by Crippen LogP contribution is 2.40. The van der Waals surface area contributed by atoms with Gasteiger partial charge in [0.25, 0.3) is 0 Å². The molecule has 1 unspecified atom stereocenters. The molecule has 1 N–H and O–H groups in total. The van der Waals surface area contributed by atoms with Crippen molar-refractivity contribution in [2.24, 2.45) is 5.92 Å². The van der Waals surface area contributed by atoms with Gasteiger partial charge in [0.05, 0.1) is 11.7 Å². The van der Waals surface area contributed by atoms with E-state index in [2.05, 4.69) is 15.9 Å². The van der Waals surface area contributed by atoms with Crippen LogP contribution in [0.5, 0.6) is 0 Å². The molecule has 0 bridgehead atoms. The predicted molar refractivity (Wildman–Crippen MR) is 66.1 cm³/mol. The lowest BCUT2D eigenvalue weighted by Crippen LogP contribution is -2.12. The summed E-state index contributed by atoms with van der Waals surface area (Å²) in [7, 11) is 0. The summed E-state index contributed by atoms with van der Waals surface area (Å²) in [4.78, 5) is 0. The van der Waals surface area contributed by atoms with Gasteiger partial charge in [-0.1, -0.05) is 34.8 Å². The van der Waals surface area contributed by atoms with E-state index in [0.717, 1.165) is 31.7 Å². The zero-order valence-corrected chi connectivity index (χ0v) is 11.3. The number of aliphatic hydroxyl groups excluding tert-OH is 1. The SMILES string of the molecule is OC(c1ccc(Br)c(C(F)(F)F)c1)C1CCCC1. The number of halogens is 4. The van der Waals surface area contributed by atoms with Crippen LogP contribution in [0.3, 0.4) is 0 Å². The zero-order chi connectivity index (χ0) is 13.3.